The van der Waals surface area contributed by atoms with E-state index in [1.165, 1.54) is 11.3 Å². The number of rotatable bonds is 6. The van der Waals surface area contributed by atoms with E-state index < -0.39 is 0 Å². The molecule has 1 fully saturated rings. The molecule has 1 aliphatic rings. The van der Waals surface area contributed by atoms with Gasteiger partial charge in [0.1, 0.15) is 11.6 Å². The van der Waals surface area contributed by atoms with Crippen LogP contribution in [0.5, 0.6) is 5.75 Å². The molecule has 0 atom stereocenters. The zero-order valence-corrected chi connectivity index (χ0v) is 20.4. The average molecular weight is 505 g/mol. The van der Waals surface area contributed by atoms with Crippen LogP contribution in [0, 0.1) is 0 Å². The minimum Gasteiger partial charge on any atom is -0.496 e. The predicted molar refractivity (Wildman–Crippen MR) is 131 cm³/mol. The standard InChI is InChI=1S/C23H27BrClN5O/c1-29(2)20-5-4-6-21(31-3)18(20)14-30-11-9-16(10-12-30)26-22-17-13-15(24)7-8-19(17)27-23(25)28-22/h4-8,13,16H,9-12,14H2,1-3H3,(H,26,27,28). The number of halogens is 2. The van der Waals surface area contributed by atoms with Crippen LogP contribution < -0.4 is 15.0 Å². The third kappa shape index (κ3) is 5.05. The second kappa shape index (κ2) is 9.59. The van der Waals surface area contributed by atoms with Gasteiger partial charge in [0, 0.05) is 60.9 Å². The van der Waals surface area contributed by atoms with Gasteiger partial charge in [0.25, 0.3) is 0 Å². The number of hydrogen-bond acceptors (Lipinski definition) is 6. The van der Waals surface area contributed by atoms with Crippen molar-refractivity contribution in [3.63, 3.8) is 0 Å². The smallest absolute Gasteiger partial charge is 0.224 e. The molecule has 6 nitrogen and oxygen atoms in total. The quantitative estimate of drug-likeness (QED) is 0.466. The number of methoxy groups -OCH3 is 1. The van der Waals surface area contributed by atoms with Crippen molar-refractivity contribution in [1.29, 1.82) is 0 Å². The van der Waals surface area contributed by atoms with E-state index in [-0.39, 0.29) is 5.28 Å². The van der Waals surface area contributed by atoms with Crippen LogP contribution >= 0.6 is 27.5 Å². The Morgan fingerprint density at radius 1 is 1.19 bits per heavy atom. The zero-order valence-electron chi connectivity index (χ0n) is 18.0. The lowest BCUT2D eigenvalue weighted by Crippen LogP contribution is -2.39. The highest BCUT2D eigenvalue weighted by molar-refractivity contribution is 9.10. The predicted octanol–water partition coefficient (Wildman–Crippen LogP) is 5.20. The van der Waals surface area contributed by atoms with E-state index in [4.69, 9.17) is 16.3 Å². The van der Waals surface area contributed by atoms with Crippen molar-refractivity contribution in [3.05, 3.63) is 51.7 Å². The number of hydrogen-bond donors (Lipinski definition) is 1. The number of anilines is 2. The van der Waals surface area contributed by atoms with Gasteiger partial charge in [-0.25, -0.2) is 9.97 Å². The van der Waals surface area contributed by atoms with Crippen LogP contribution in [-0.2, 0) is 6.54 Å². The van der Waals surface area contributed by atoms with Crippen LogP contribution in [0.15, 0.2) is 40.9 Å². The first kappa shape index (κ1) is 22.1. The number of piperidine rings is 1. The Hall–Kier alpha value is -2.09. The van der Waals surface area contributed by atoms with Crippen molar-refractivity contribution in [2.24, 2.45) is 0 Å². The molecular weight excluding hydrogens is 478 g/mol. The monoisotopic (exact) mass is 503 g/mol. The summed E-state index contributed by atoms with van der Waals surface area (Å²) in [6, 6.07) is 12.5. The average Bonchev–Trinajstić information content (AvgIpc) is 2.75. The molecule has 0 aliphatic carbocycles. The van der Waals surface area contributed by atoms with E-state index >= 15 is 0 Å². The molecule has 31 heavy (non-hydrogen) atoms. The number of nitrogens with zero attached hydrogens (tertiary/aromatic N) is 4. The molecule has 1 saturated heterocycles. The molecule has 0 radical (unpaired) electrons. The fourth-order valence-corrected chi connectivity index (χ4v) is 4.69. The van der Waals surface area contributed by atoms with Crippen molar-refractivity contribution in [2.75, 3.05) is 44.5 Å². The van der Waals surface area contributed by atoms with Crippen molar-refractivity contribution in [3.8, 4) is 5.75 Å². The van der Waals surface area contributed by atoms with E-state index in [1.54, 1.807) is 7.11 Å². The summed E-state index contributed by atoms with van der Waals surface area (Å²) in [4.78, 5) is 13.4. The largest absolute Gasteiger partial charge is 0.496 e. The zero-order chi connectivity index (χ0) is 22.0. The normalized spacial score (nSPS) is 15.3. The van der Waals surface area contributed by atoms with Crippen molar-refractivity contribution < 1.29 is 4.74 Å². The Morgan fingerprint density at radius 3 is 2.68 bits per heavy atom. The van der Waals surface area contributed by atoms with Gasteiger partial charge in [0.05, 0.1) is 12.6 Å². The summed E-state index contributed by atoms with van der Waals surface area (Å²) >= 11 is 9.71. The van der Waals surface area contributed by atoms with Gasteiger partial charge in [-0.15, -0.1) is 0 Å². The molecule has 0 amide bonds. The maximum Gasteiger partial charge on any atom is 0.224 e. The number of benzene rings is 2. The number of aromatic nitrogens is 2. The first-order valence-corrected chi connectivity index (χ1v) is 11.6. The highest BCUT2D eigenvalue weighted by atomic mass is 79.9. The van der Waals surface area contributed by atoms with Crippen LogP contribution in [0.2, 0.25) is 5.28 Å². The fraction of sp³-hybridized carbons (Fsp3) is 0.391. The molecule has 1 N–H and O–H groups in total. The van der Waals surface area contributed by atoms with Gasteiger partial charge in [0.15, 0.2) is 0 Å². The van der Waals surface area contributed by atoms with Crippen molar-refractivity contribution in [2.45, 2.75) is 25.4 Å². The van der Waals surface area contributed by atoms with E-state index in [0.717, 1.165) is 59.4 Å². The van der Waals surface area contributed by atoms with E-state index in [1.807, 2.05) is 30.3 Å². The Kier molecular flexibility index (Phi) is 6.84. The van der Waals surface area contributed by atoms with E-state index in [9.17, 15) is 0 Å². The number of nitrogens with one attached hydrogen (secondary N) is 1. The lowest BCUT2D eigenvalue weighted by Gasteiger charge is -2.34. The molecule has 2 aromatic carbocycles. The summed E-state index contributed by atoms with van der Waals surface area (Å²) in [6.45, 7) is 2.88. The van der Waals surface area contributed by atoms with Crippen LogP contribution in [0.4, 0.5) is 11.5 Å². The molecule has 3 aromatic rings. The molecule has 8 heteroatoms. The summed E-state index contributed by atoms with van der Waals surface area (Å²) in [5.74, 6) is 1.74. The van der Waals surface area contributed by atoms with E-state index in [0.29, 0.717) is 6.04 Å². The van der Waals surface area contributed by atoms with Crippen LogP contribution in [-0.4, -0.2) is 55.2 Å². The summed E-state index contributed by atoms with van der Waals surface area (Å²) in [5, 5.41) is 4.86. The molecule has 164 valence electrons. The molecule has 1 aliphatic heterocycles. The lowest BCUT2D eigenvalue weighted by atomic mass is 10.0. The van der Waals surface area contributed by atoms with Crippen LogP contribution in [0.25, 0.3) is 10.9 Å². The maximum absolute atomic E-state index is 6.17. The summed E-state index contributed by atoms with van der Waals surface area (Å²) in [5.41, 5.74) is 3.28. The summed E-state index contributed by atoms with van der Waals surface area (Å²) < 4.78 is 6.64. The first-order chi connectivity index (χ1) is 14.9. The van der Waals surface area contributed by atoms with Crippen LogP contribution in [0.1, 0.15) is 18.4 Å². The van der Waals surface area contributed by atoms with Gasteiger partial charge in [-0.1, -0.05) is 22.0 Å². The fourth-order valence-electron chi connectivity index (χ4n) is 4.16. The molecule has 0 spiro atoms. The topological polar surface area (TPSA) is 53.5 Å². The summed E-state index contributed by atoms with van der Waals surface area (Å²) in [6.07, 6.45) is 2.06. The minimum absolute atomic E-state index is 0.266. The molecule has 0 saturated carbocycles. The van der Waals surface area contributed by atoms with E-state index in [2.05, 4.69) is 61.2 Å². The molecule has 1 aromatic heterocycles. The number of ether oxygens (including phenoxy) is 1. The molecule has 4 rings (SSSR count). The maximum atomic E-state index is 6.17. The van der Waals surface area contributed by atoms with Gasteiger partial charge in [-0.3, -0.25) is 4.90 Å². The molecule has 0 bridgehead atoms. The Bertz CT molecular complexity index is 1070. The molecular formula is C23H27BrClN5O. The van der Waals surface area contributed by atoms with Gasteiger partial charge in [0.2, 0.25) is 5.28 Å². The Morgan fingerprint density at radius 2 is 1.97 bits per heavy atom. The SMILES string of the molecule is COc1cccc(N(C)C)c1CN1CCC(Nc2nc(Cl)nc3ccc(Br)cc23)CC1. The second-order valence-corrected chi connectivity index (χ2v) is 9.30. The van der Waals surface area contributed by atoms with Gasteiger partial charge in [-0.05, 0) is 54.8 Å². The summed E-state index contributed by atoms with van der Waals surface area (Å²) in [7, 11) is 5.89. The first-order valence-electron chi connectivity index (χ1n) is 10.4. The number of fused-ring (bicyclic) bond motifs is 1. The third-order valence-electron chi connectivity index (χ3n) is 5.75. The minimum atomic E-state index is 0.266. The van der Waals surface area contributed by atoms with Crippen molar-refractivity contribution in [1.82, 2.24) is 14.9 Å². The highest BCUT2D eigenvalue weighted by Gasteiger charge is 2.23. The van der Waals surface area contributed by atoms with Gasteiger partial charge in [-0.2, -0.15) is 0 Å². The third-order valence-corrected chi connectivity index (χ3v) is 6.41. The second-order valence-electron chi connectivity index (χ2n) is 8.05. The highest BCUT2D eigenvalue weighted by Crippen LogP contribution is 2.31. The van der Waals surface area contributed by atoms with Crippen LogP contribution in [0.3, 0.4) is 0 Å². The number of likely N-dealkylation sites (tertiary alicyclic amines) is 1. The molecule has 0 unspecified atom stereocenters. The van der Waals surface area contributed by atoms with Gasteiger partial charge < -0.3 is 15.0 Å². The lowest BCUT2D eigenvalue weighted by molar-refractivity contribution is 0.209. The Labute approximate surface area is 196 Å². The van der Waals surface area contributed by atoms with Crippen molar-refractivity contribution >= 4 is 49.9 Å². The van der Waals surface area contributed by atoms with Gasteiger partial charge >= 0.3 is 0 Å². The Balaban J connectivity index is 1.45. The molecule has 2 heterocycles.